The Morgan fingerprint density at radius 2 is 2.19 bits per heavy atom. The molecule has 0 radical (unpaired) electrons. The molecule has 16 heavy (non-hydrogen) atoms. The molecule has 0 aliphatic heterocycles. The molecule has 0 aromatic heterocycles. The fraction of sp³-hybridized carbons (Fsp3) is 0.167. The van der Waals surface area contributed by atoms with E-state index in [1.165, 1.54) is 13.1 Å². The minimum absolute atomic E-state index is 0.193. The van der Waals surface area contributed by atoms with Crippen LogP contribution in [0.2, 0.25) is 0 Å². The summed E-state index contributed by atoms with van der Waals surface area (Å²) in [4.78, 5) is 10.5. The zero-order chi connectivity index (χ0) is 11.8. The van der Waals surface area contributed by atoms with Gasteiger partial charge in [-0.2, -0.15) is 5.10 Å². The fourth-order valence-electron chi connectivity index (χ4n) is 1.12. The molecule has 0 saturated heterocycles. The maximum atomic E-state index is 10.5. The van der Waals surface area contributed by atoms with Gasteiger partial charge in [0, 0.05) is 18.7 Å². The standard InChI is InChI=1S/C12H14N2O2/c1-10(15)14-13-9-5-7-11-6-3-4-8-12(11)16-2/h3-9H,1-2H3,(H,14,15)/b7-5+,13-9+. The topological polar surface area (TPSA) is 50.7 Å². The maximum Gasteiger partial charge on any atom is 0.236 e. The second-order valence-electron chi connectivity index (χ2n) is 3.05. The second kappa shape index (κ2) is 6.40. The van der Waals surface area contributed by atoms with Gasteiger partial charge in [-0.25, -0.2) is 5.43 Å². The van der Waals surface area contributed by atoms with E-state index < -0.39 is 0 Å². The summed E-state index contributed by atoms with van der Waals surface area (Å²) in [7, 11) is 1.62. The molecule has 0 aliphatic rings. The van der Waals surface area contributed by atoms with E-state index in [1.807, 2.05) is 30.3 Å². The van der Waals surface area contributed by atoms with E-state index in [4.69, 9.17) is 4.74 Å². The van der Waals surface area contributed by atoms with Gasteiger partial charge in [-0.15, -0.1) is 0 Å². The number of hydrazone groups is 1. The Morgan fingerprint density at radius 3 is 2.88 bits per heavy atom. The van der Waals surface area contributed by atoms with Crippen LogP contribution in [0, 0.1) is 0 Å². The van der Waals surface area contributed by atoms with Crippen LogP contribution in [0.4, 0.5) is 0 Å². The number of rotatable bonds is 4. The van der Waals surface area contributed by atoms with Crippen molar-refractivity contribution in [2.75, 3.05) is 7.11 Å². The summed E-state index contributed by atoms with van der Waals surface area (Å²) in [5.41, 5.74) is 3.27. The minimum atomic E-state index is -0.193. The average molecular weight is 218 g/mol. The number of carbonyl (C=O) groups is 1. The molecular weight excluding hydrogens is 204 g/mol. The van der Waals surface area contributed by atoms with Crippen molar-refractivity contribution in [1.82, 2.24) is 5.43 Å². The molecule has 1 N–H and O–H groups in total. The number of hydrogen-bond acceptors (Lipinski definition) is 3. The van der Waals surface area contributed by atoms with Crippen LogP contribution >= 0.6 is 0 Å². The molecule has 84 valence electrons. The van der Waals surface area contributed by atoms with Gasteiger partial charge in [0.15, 0.2) is 0 Å². The first-order valence-corrected chi connectivity index (χ1v) is 4.83. The first-order chi connectivity index (χ1) is 7.74. The van der Waals surface area contributed by atoms with E-state index in [2.05, 4.69) is 10.5 Å². The van der Waals surface area contributed by atoms with Crippen LogP contribution in [0.1, 0.15) is 12.5 Å². The summed E-state index contributed by atoms with van der Waals surface area (Å²) in [6, 6.07) is 7.64. The van der Waals surface area contributed by atoms with Crippen molar-refractivity contribution in [3.8, 4) is 5.75 Å². The number of methoxy groups -OCH3 is 1. The highest BCUT2D eigenvalue weighted by Crippen LogP contribution is 2.18. The molecule has 0 atom stereocenters. The van der Waals surface area contributed by atoms with E-state index in [0.29, 0.717) is 0 Å². The molecule has 0 spiro atoms. The molecular formula is C12H14N2O2. The number of ether oxygens (including phenoxy) is 1. The Labute approximate surface area is 94.6 Å². The summed E-state index contributed by atoms with van der Waals surface area (Å²) in [6.07, 6.45) is 5.09. The van der Waals surface area contributed by atoms with Crippen molar-refractivity contribution in [2.45, 2.75) is 6.92 Å². The average Bonchev–Trinajstić information content (AvgIpc) is 2.29. The van der Waals surface area contributed by atoms with Crippen molar-refractivity contribution in [3.63, 3.8) is 0 Å². The van der Waals surface area contributed by atoms with E-state index in [-0.39, 0.29) is 5.91 Å². The van der Waals surface area contributed by atoms with Crippen LogP contribution in [0.5, 0.6) is 5.75 Å². The number of para-hydroxylation sites is 1. The first-order valence-electron chi connectivity index (χ1n) is 4.83. The van der Waals surface area contributed by atoms with Crippen LogP contribution < -0.4 is 10.2 Å². The SMILES string of the molecule is COc1ccccc1/C=C/C=N/NC(C)=O. The number of hydrogen-bond donors (Lipinski definition) is 1. The van der Waals surface area contributed by atoms with Gasteiger partial charge in [-0.05, 0) is 18.2 Å². The van der Waals surface area contributed by atoms with Gasteiger partial charge >= 0.3 is 0 Å². The lowest BCUT2D eigenvalue weighted by Crippen LogP contribution is -2.11. The smallest absolute Gasteiger partial charge is 0.236 e. The number of nitrogens with zero attached hydrogens (tertiary/aromatic N) is 1. The van der Waals surface area contributed by atoms with Crippen molar-refractivity contribution in [3.05, 3.63) is 35.9 Å². The van der Waals surface area contributed by atoms with Crippen LogP contribution in [0.3, 0.4) is 0 Å². The summed E-state index contributed by atoms with van der Waals surface area (Å²) in [5, 5.41) is 3.69. The van der Waals surface area contributed by atoms with Crippen molar-refractivity contribution >= 4 is 18.2 Å². The van der Waals surface area contributed by atoms with E-state index in [1.54, 1.807) is 13.2 Å². The Hall–Kier alpha value is -2.10. The van der Waals surface area contributed by atoms with Gasteiger partial charge in [0.2, 0.25) is 5.91 Å². The zero-order valence-electron chi connectivity index (χ0n) is 9.31. The highest BCUT2D eigenvalue weighted by molar-refractivity contribution is 5.81. The molecule has 0 unspecified atom stereocenters. The summed E-state index contributed by atoms with van der Waals surface area (Å²) in [5.74, 6) is 0.605. The molecule has 0 aliphatic carbocycles. The van der Waals surface area contributed by atoms with Gasteiger partial charge in [0.1, 0.15) is 5.75 Å². The summed E-state index contributed by atoms with van der Waals surface area (Å²) >= 11 is 0. The normalized spacial score (nSPS) is 10.9. The second-order valence-corrected chi connectivity index (χ2v) is 3.05. The lowest BCUT2D eigenvalue weighted by Gasteiger charge is -2.02. The van der Waals surface area contributed by atoms with E-state index >= 15 is 0 Å². The largest absolute Gasteiger partial charge is 0.496 e. The fourth-order valence-corrected chi connectivity index (χ4v) is 1.12. The van der Waals surface area contributed by atoms with Gasteiger partial charge < -0.3 is 4.74 Å². The number of nitrogens with one attached hydrogen (secondary N) is 1. The van der Waals surface area contributed by atoms with Crippen LogP contribution in [-0.2, 0) is 4.79 Å². The molecule has 1 aromatic rings. The van der Waals surface area contributed by atoms with Crippen molar-refractivity contribution < 1.29 is 9.53 Å². The van der Waals surface area contributed by atoms with Crippen LogP contribution in [0.25, 0.3) is 6.08 Å². The van der Waals surface area contributed by atoms with E-state index in [0.717, 1.165) is 11.3 Å². The first kappa shape index (κ1) is 12.0. The molecule has 0 heterocycles. The van der Waals surface area contributed by atoms with E-state index in [9.17, 15) is 4.79 Å². The highest BCUT2D eigenvalue weighted by Gasteiger charge is 1.94. The third-order valence-corrected chi connectivity index (χ3v) is 1.80. The third-order valence-electron chi connectivity index (χ3n) is 1.80. The number of amides is 1. The number of benzene rings is 1. The molecule has 0 saturated carbocycles. The lowest BCUT2D eigenvalue weighted by atomic mass is 10.2. The van der Waals surface area contributed by atoms with Crippen LogP contribution in [0.15, 0.2) is 35.4 Å². The zero-order valence-corrected chi connectivity index (χ0v) is 9.31. The van der Waals surface area contributed by atoms with Crippen molar-refractivity contribution in [2.24, 2.45) is 5.10 Å². The van der Waals surface area contributed by atoms with Gasteiger partial charge in [-0.1, -0.05) is 18.2 Å². The predicted octanol–water partition coefficient (Wildman–Crippen LogP) is 1.83. The molecule has 1 amide bonds. The minimum Gasteiger partial charge on any atom is -0.496 e. The van der Waals surface area contributed by atoms with Crippen molar-refractivity contribution in [1.29, 1.82) is 0 Å². The Kier molecular flexibility index (Phi) is 4.79. The molecule has 4 heteroatoms. The van der Waals surface area contributed by atoms with Gasteiger partial charge in [0.05, 0.1) is 7.11 Å². The molecule has 1 aromatic carbocycles. The highest BCUT2D eigenvalue weighted by atomic mass is 16.5. The maximum absolute atomic E-state index is 10.5. The van der Waals surface area contributed by atoms with Gasteiger partial charge in [-0.3, -0.25) is 4.79 Å². The third kappa shape index (κ3) is 3.96. The quantitative estimate of drug-likeness (QED) is 0.619. The number of carbonyl (C=O) groups excluding carboxylic acids is 1. The predicted molar refractivity (Wildman–Crippen MR) is 64.3 cm³/mol. The number of allylic oxidation sites excluding steroid dienone is 1. The van der Waals surface area contributed by atoms with Gasteiger partial charge in [0.25, 0.3) is 0 Å². The Bertz CT molecular complexity index is 411. The lowest BCUT2D eigenvalue weighted by molar-refractivity contribution is -0.118. The molecule has 0 bridgehead atoms. The molecule has 1 rings (SSSR count). The Balaban J connectivity index is 2.62. The molecule has 4 nitrogen and oxygen atoms in total. The summed E-state index contributed by atoms with van der Waals surface area (Å²) in [6.45, 7) is 1.40. The molecule has 0 fully saturated rings. The summed E-state index contributed by atoms with van der Waals surface area (Å²) < 4.78 is 5.18. The van der Waals surface area contributed by atoms with Crippen LogP contribution in [-0.4, -0.2) is 19.2 Å². The monoisotopic (exact) mass is 218 g/mol. The Morgan fingerprint density at radius 1 is 1.44 bits per heavy atom.